The highest BCUT2D eigenvalue weighted by atomic mass is 15.2. The Labute approximate surface area is 212 Å². The molecular formula is C31H53N3. The fourth-order valence-electron chi connectivity index (χ4n) is 3.26. The van der Waals surface area contributed by atoms with Gasteiger partial charge in [0.25, 0.3) is 0 Å². The minimum atomic E-state index is 0.620. The maximum Gasteiger partial charge on any atom is 0.192 e. The second-order valence-corrected chi connectivity index (χ2v) is 10.2. The Balaban J connectivity index is 5.21. The van der Waals surface area contributed by atoms with E-state index >= 15 is 0 Å². The summed E-state index contributed by atoms with van der Waals surface area (Å²) in [7, 11) is 0. The maximum atomic E-state index is 6.46. The number of nitrogens with two attached hydrogens (primary N) is 1. The molecule has 0 aromatic carbocycles. The SMILES string of the molecule is CC(C)=CCC/C(C)=C\CN(C/C=C(\C)CCC=C(C)C)C(N)=NC/C=C(\C)CCC=C(C)C. The molecule has 0 saturated heterocycles. The van der Waals surface area contributed by atoms with E-state index in [9.17, 15) is 0 Å². The molecule has 0 bridgehead atoms. The third kappa shape index (κ3) is 19.2. The molecule has 192 valence electrons. The highest BCUT2D eigenvalue weighted by Gasteiger charge is 2.05. The highest BCUT2D eigenvalue weighted by molar-refractivity contribution is 5.78. The largest absolute Gasteiger partial charge is 0.370 e. The van der Waals surface area contributed by atoms with Gasteiger partial charge in [-0.1, -0.05) is 69.9 Å². The molecule has 2 N–H and O–H groups in total. The van der Waals surface area contributed by atoms with Gasteiger partial charge in [0.1, 0.15) is 0 Å². The van der Waals surface area contributed by atoms with Crippen molar-refractivity contribution >= 4 is 5.96 Å². The number of rotatable bonds is 15. The molecule has 0 aliphatic carbocycles. The van der Waals surface area contributed by atoms with E-state index in [1.165, 1.54) is 33.4 Å². The van der Waals surface area contributed by atoms with Crippen LogP contribution in [0.5, 0.6) is 0 Å². The van der Waals surface area contributed by atoms with Crippen LogP contribution in [-0.2, 0) is 0 Å². The quantitative estimate of drug-likeness (QED) is 0.149. The van der Waals surface area contributed by atoms with E-state index in [0.29, 0.717) is 12.5 Å². The molecule has 0 amide bonds. The first-order valence-electron chi connectivity index (χ1n) is 12.9. The molecule has 0 aliphatic heterocycles. The molecule has 0 atom stereocenters. The lowest BCUT2D eigenvalue weighted by atomic mass is 10.1. The van der Waals surface area contributed by atoms with Gasteiger partial charge in [-0.25, -0.2) is 4.99 Å². The van der Waals surface area contributed by atoms with Crippen LogP contribution in [0.15, 0.2) is 74.9 Å². The highest BCUT2D eigenvalue weighted by Crippen LogP contribution is 2.10. The fourth-order valence-corrected chi connectivity index (χ4v) is 3.26. The van der Waals surface area contributed by atoms with Crippen molar-refractivity contribution in [2.75, 3.05) is 19.6 Å². The lowest BCUT2D eigenvalue weighted by molar-refractivity contribution is 0.501. The molecule has 0 spiro atoms. The third-order valence-corrected chi connectivity index (χ3v) is 5.61. The van der Waals surface area contributed by atoms with Crippen molar-refractivity contribution in [1.82, 2.24) is 4.90 Å². The first kappa shape index (κ1) is 31.7. The number of guanidine groups is 1. The predicted octanol–water partition coefficient (Wildman–Crippen LogP) is 8.68. The molecule has 0 radical (unpaired) electrons. The Kier molecular flexibility index (Phi) is 17.8. The van der Waals surface area contributed by atoms with E-state index in [0.717, 1.165) is 51.6 Å². The van der Waals surface area contributed by atoms with Crippen LogP contribution in [-0.4, -0.2) is 30.5 Å². The van der Waals surface area contributed by atoms with Crippen LogP contribution in [0.25, 0.3) is 0 Å². The summed E-state index contributed by atoms with van der Waals surface area (Å²) in [6.45, 7) is 21.7. The first-order valence-corrected chi connectivity index (χ1v) is 12.9. The maximum absolute atomic E-state index is 6.46. The number of aliphatic imine (C=N–C) groups is 1. The summed E-state index contributed by atoms with van der Waals surface area (Å²) in [5, 5.41) is 0. The van der Waals surface area contributed by atoms with Crippen LogP contribution in [0.4, 0.5) is 0 Å². The fraction of sp³-hybridized carbons (Fsp3) is 0.581. The Morgan fingerprint density at radius 3 is 1.26 bits per heavy atom. The minimum Gasteiger partial charge on any atom is -0.370 e. The van der Waals surface area contributed by atoms with Crippen molar-refractivity contribution in [2.24, 2.45) is 10.7 Å². The van der Waals surface area contributed by atoms with E-state index in [1.807, 2.05) is 0 Å². The normalized spacial score (nSPS) is 13.0. The summed E-state index contributed by atoms with van der Waals surface area (Å²) in [6.07, 6.45) is 20.2. The molecule has 0 aliphatic rings. The molecule has 3 heteroatoms. The van der Waals surface area contributed by atoms with Gasteiger partial charge >= 0.3 is 0 Å². The standard InChI is InChI=1S/C31H53N3/c1-25(2)13-10-16-28(7)19-22-33-31(32)34(23-20-29(8)17-11-14-26(3)4)24-21-30(9)18-12-15-27(5)6/h13-15,19-21H,10-12,16-18,22-24H2,1-9H3,(H2,32,33)/b28-19+,29-20-,30-21+. The molecule has 0 rings (SSSR count). The van der Waals surface area contributed by atoms with Gasteiger partial charge in [0.05, 0.1) is 6.54 Å². The number of nitrogens with zero attached hydrogens (tertiary/aromatic N) is 2. The lowest BCUT2D eigenvalue weighted by Gasteiger charge is -2.21. The van der Waals surface area contributed by atoms with Gasteiger partial charge in [-0.15, -0.1) is 0 Å². The molecule has 0 aromatic rings. The van der Waals surface area contributed by atoms with Crippen molar-refractivity contribution in [2.45, 2.75) is 101 Å². The molecule has 34 heavy (non-hydrogen) atoms. The number of hydrogen-bond acceptors (Lipinski definition) is 1. The minimum absolute atomic E-state index is 0.620. The second-order valence-electron chi connectivity index (χ2n) is 10.2. The van der Waals surface area contributed by atoms with Gasteiger partial charge in [0.2, 0.25) is 0 Å². The first-order chi connectivity index (χ1) is 16.0. The summed E-state index contributed by atoms with van der Waals surface area (Å²) in [6, 6.07) is 0. The van der Waals surface area contributed by atoms with Crippen molar-refractivity contribution in [3.8, 4) is 0 Å². The smallest absolute Gasteiger partial charge is 0.192 e. The molecule has 0 aromatic heterocycles. The summed E-state index contributed by atoms with van der Waals surface area (Å²) in [5.74, 6) is 0.620. The van der Waals surface area contributed by atoms with Crippen LogP contribution in [0.1, 0.15) is 101 Å². The van der Waals surface area contributed by atoms with Gasteiger partial charge in [0.15, 0.2) is 5.96 Å². The van der Waals surface area contributed by atoms with E-state index < -0.39 is 0 Å². The van der Waals surface area contributed by atoms with E-state index in [1.54, 1.807) is 0 Å². The molecule has 0 unspecified atom stereocenters. The van der Waals surface area contributed by atoms with Gasteiger partial charge in [0, 0.05) is 13.1 Å². The Morgan fingerprint density at radius 1 is 0.559 bits per heavy atom. The summed E-state index contributed by atoms with van der Waals surface area (Å²) in [5.41, 5.74) is 14.7. The monoisotopic (exact) mass is 467 g/mol. The van der Waals surface area contributed by atoms with Crippen LogP contribution in [0, 0.1) is 0 Å². The zero-order chi connectivity index (χ0) is 25.9. The average Bonchev–Trinajstić information content (AvgIpc) is 2.72. The molecular weight excluding hydrogens is 414 g/mol. The number of allylic oxidation sites excluding steroid dienone is 9. The molecule has 0 heterocycles. The van der Waals surface area contributed by atoms with Crippen molar-refractivity contribution in [1.29, 1.82) is 0 Å². The zero-order valence-electron chi connectivity index (χ0n) is 23.8. The van der Waals surface area contributed by atoms with Crippen molar-refractivity contribution < 1.29 is 0 Å². The van der Waals surface area contributed by atoms with Gasteiger partial charge in [-0.2, -0.15) is 0 Å². The second kappa shape index (κ2) is 19.1. The summed E-state index contributed by atoms with van der Waals surface area (Å²) >= 11 is 0. The Bertz CT molecular complexity index is 749. The van der Waals surface area contributed by atoms with Crippen LogP contribution >= 0.6 is 0 Å². The van der Waals surface area contributed by atoms with E-state index in [-0.39, 0.29) is 0 Å². The molecule has 0 saturated carbocycles. The van der Waals surface area contributed by atoms with E-state index in [4.69, 9.17) is 5.73 Å². The Hall–Kier alpha value is -2.29. The number of hydrogen-bond donors (Lipinski definition) is 1. The van der Waals surface area contributed by atoms with Gasteiger partial charge in [-0.3, -0.25) is 0 Å². The molecule has 0 fully saturated rings. The lowest BCUT2D eigenvalue weighted by Crippen LogP contribution is -2.38. The summed E-state index contributed by atoms with van der Waals surface area (Å²) in [4.78, 5) is 6.87. The topological polar surface area (TPSA) is 41.6 Å². The van der Waals surface area contributed by atoms with Gasteiger partial charge < -0.3 is 10.6 Å². The van der Waals surface area contributed by atoms with Crippen LogP contribution in [0.3, 0.4) is 0 Å². The van der Waals surface area contributed by atoms with Crippen molar-refractivity contribution in [3.05, 3.63) is 69.9 Å². The zero-order valence-corrected chi connectivity index (χ0v) is 23.8. The van der Waals surface area contributed by atoms with Crippen LogP contribution < -0.4 is 5.73 Å². The van der Waals surface area contributed by atoms with Gasteiger partial charge in [-0.05, 0) is 101 Å². The Morgan fingerprint density at radius 2 is 0.912 bits per heavy atom. The van der Waals surface area contributed by atoms with Crippen molar-refractivity contribution in [3.63, 3.8) is 0 Å². The summed E-state index contributed by atoms with van der Waals surface area (Å²) < 4.78 is 0. The third-order valence-electron chi connectivity index (χ3n) is 5.61. The average molecular weight is 468 g/mol. The van der Waals surface area contributed by atoms with E-state index in [2.05, 4.69) is 109 Å². The van der Waals surface area contributed by atoms with Crippen LogP contribution in [0.2, 0.25) is 0 Å². The molecule has 3 nitrogen and oxygen atoms in total. The predicted molar refractivity (Wildman–Crippen MR) is 155 cm³/mol.